The molecule has 0 aliphatic heterocycles. The molecule has 0 saturated heterocycles. The summed E-state index contributed by atoms with van der Waals surface area (Å²) in [4.78, 5) is 0. The second kappa shape index (κ2) is 4.04. The number of hydrogen-bond acceptors (Lipinski definition) is 3. The SMILES string of the molecule is CNc1ccn(-c2ccccc2OC)n1. The second-order valence-electron chi connectivity index (χ2n) is 3.07. The minimum Gasteiger partial charge on any atom is -0.494 e. The normalized spacial score (nSPS) is 10.0. The summed E-state index contributed by atoms with van der Waals surface area (Å²) in [6.07, 6.45) is 1.89. The van der Waals surface area contributed by atoms with Crippen LogP contribution in [-0.2, 0) is 0 Å². The number of ether oxygens (including phenoxy) is 1. The lowest BCUT2D eigenvalue weighted by atomic mass is 10.3. The molecule has 0 radical (unpaired) electrons. The Labute approximate surface area is 88.5 Å². The summed E-state index contributed by atoms with van der Waals surface area (Å²) < 4.78 is 7.04. The van der Waals surface area contributed by atoms with Gasteiger partial charge in [-0.1, -0.05) is 12.1 Å². The molecule has 0 amide bonds. The first-order valence-corrected chi connectivity index (χ1v) is 4.72. The first kappa shape index (κ1) is 9.58. The molecule has 4 nitrogen and oxygen atoms in total. The minimum atomic E-state index is 0.809. The number of hydrogen-bond donors (Lipinski definition) is 1. The molecule has 1 aromatic carbocycles. The molecule has 0 unspecified atom stereocenters. The first-order valence-electron chi connectivity index (χ1n) is 4.72. The number of anilines is 1. The number of para-hydroxylation sites is 2. The number of rotatable bonds is 3. The predicted molar refractivity (Wildman–Crippen MR) is 59.7 cm³/mol. The molecule has 0 bridgehead atoms. The number of nitrogens with one attached hydrogen (secondary N) is 1. The van der Waals surface area contributed by atoms with Crippen molar-refractivity contribution in [1.82, 2.24) is 9.78 Å². The fourth-order valence-electron chi connectivity index (χ4n) is 1.41. The van der Waals surface area contributed by atoms with E-state index in [-0.39, 0.29) is 0 Å². The summed E-state index contributed by atoms with van der Waals surface area (Å²) in [6.45, 7) is 0. The van der Waals surface area contributed by atoms with Gasteiger partial charge in [0.25, 0.3) is 0 Å². The number of aromatic nitrogens is 2. The van der Waals surface area contributed by atoms with Crippen LogP contribution in [0.4, 0.5) is 5.82 Å². The van der Waals surface area contributed by atoms with E-state index in [0.717, 1.165) is 17.3 Å². The number of nitrogens with zero attached hydrogens (tertiary/aromatic N) is 2. The van der Waals surface area contributed by atoms with Crippen LogP contribution in [-0.4, -0.2) is 23.9 Å². The van der Waals surface area contributed by atoms with Crippen LogP contribution in [0.2, 0.25) is 0 Å². The molecule has 15 heavy (non-hydrogen) atoms. The molecule has 0 spiro atoms. The van der Waals surface area contributed by atoms with E-state index in [4.69, 9.17) is 4.74 Å². The zero-order chi connectivity index (χ0) is 10.7. The quantitative estimate of drug-likeness (QED) is 0.828. The van der Waals surface area contributed by atoms with Crippen molar-refractivity contribution in [1.29, 1.82) is 0 Å². The van der Waals surface area contributed by atoms with Gasteiger partial charge >= 0.3 is 0 Å². The van der Waals surface area contributed by atoms with Crippen molar-refractivity contribution in [2.24, 2.45) is 0 Å². The molecule has 1 heterocycles. The van der Waals surface area contributed by atoms with Gasteiger partial charge in [-0.3, -0.25) is 0 Å². The average molecular weight is 203 g/mol. The molecule has 0 atom stereocenters. The Morgan fingerprint density at radius 1 is 1.27 bits per heavy atom. The van der Waals surface area contributed by atoms with Crippen molar-refractivity contribution in [3.63, 3.8) is 0 Å². The molecule has 0 aliphatic carbocycles. The molecule has 1 N–H and O–H groups in total. The smallest absolute Gasteiger partial charge is 0.148 e. The highest BCUT2D eigenvalue weighted by Gasteiger charge is 2.04. The maximum absolute atomic E-state index is 5.26. The van der Waals surface area contributed by atoms with Crippen molar-refractivity contribution in [3.05, 3.63) is 36.5 Å². The van der Waals surface area contributed by atoms with E-state index in [1.54, 1.807) is 11.8 Å². The lowest BCUT2D eigenvalue weighted by Crippen LogP contribution is -1.99. The van der Waals surface area contributed by atoms with Crippen molar-refractivity contribution in [2.75, 3.05) is 19.5 Å². The van der Waals surface area contributed by atoms with Crippen LogP contribution < -0.4 is 10.1 Å². The average Bonchev–Trinajstić information content (AvgIpc) is 2.77. The summed E-state index contributed by atoms with van der Waals surface area (Å²) in [5, 5.41) is 7.31. The van der Waals surface area contributed by atoms with Gasteiger partial charge in [0, 0.05) is 19.3 Å². The van der Waals surface area contributed by atoms with Crippen molar-refractivity contribution >= 4 is 5.82 Å². The second-order valence-corrected chi connectivity index (χ2v) is 3.07. The van der Waals surface area contributed by atoms with E-state index in [9.17, 15) is 0 Å². The Bertz CT molecular complexity index is 451. The summed E-state index contributed by atoms with van der Waals surface area (Å²) in [7, 11) is 3.50. The zero-order valence-electron chi connectivity index (χ0n) is 8.77. The van der Waals surface area contributed by atoms with Crippen LogP contribution in [0.5, 0.6) is 5.75 Å². The van der Waals surface area contributed by atoms with Gasteiger partial charge in [0.15, 0.2) is 0 Å². The Morgan fingerprint density at radius 3 is 2.73 bits per heavy atom. The Hall–Kier alpha value is -1.97. The minimum absolute atomic E-state index is 0.809. The van der Waals surface area contributed by atoms with Crippen LogP contribution in [0.3, 0.4) is 0 Å². The van der Waals surface area contributed by atoms with E-state index in [2.05, 4.69) is 10.4 Å². The van der Waals surface area contributed by atoms with Crippen LogP contribution in [0.15, 0.2) is 36.5 Å². The van der Waals surface area contributed by atoms with Gasteiger partial charge in [0.2, 0.25) is 0 Å². The van der Waals surface area contributed by atoms with E-state index < -0.39 is 0 Å². The molecule has 0 aliphatic rings. The number of methoxy groups -OCH3 is 1. The van der Waals surface area contributed by atoms with Gasteiger partial charge in [0.05, 0.1) is 7.11 Å². The summed E-state index contributed by atoms with van der Waals surface area (Å²) in [6, 6.07) is 9.68. The fraction of sp³-hybridized carbons (Fsp3) is 0.182. The lowest BCUT2D eigenvalue weighted by Gasteiger charge is -2.07. The highest BCUT2D eigenvalue weighted by Crippen LogP contribution is 2.21. The fourth-order valence-corrected chi connectivity index (χ4v) is 1.41. The Morgan fingerprint density at radius 2 is 2.07 bits per heavy atom. The molecular weight excluding hydrogens is 190 g/mol. The summed E-state index contributed by atoms with van der Waals surface area (Å²) in [5.74, 6) is 1.64. The van der Waals surface area contributed by atoms with E-state index in [1.807, 2.05) is 43.6 Å². The molecular formula is C11H13N3O. The monoisotopic (exact) mass is 203 g/mol. The number of benzene rings is 1. The summed E-state index contributed by atoms with van der Waals surface area (Å²) in [5.41, 5.74) is 0.932. The Kier molecular flexibility index (Phi) is 2.58. The molecule has 2 aromatic rings. The molecule has 2 rings (SSSR count). The van der Waals surface area contributed by atoms with Crippen molar-refractivity contribution in [2.45, 2.75) is 0 Å². The molecule has 0 saturated carbocycles. The van der Waals surface area contributed by atoms with E-state index in [1.165, 1.54) is 0 Å². The van der Waals surface area contributed by atoms with Crippen LogP contribution in [0.25, 0.3) is 5.69 Å². The van der Waals surface area contributed by atoms with E-state index in [0.29, 0.717) is 0 Å². The molecule has 78 valence electrons. The molecule has 0 fully saturated rings. The van der Waals surface area contributed by atoms with Gasteiger partial charge in [-0.25, -0.2) is 4.68 Å². The first-order chi connectivity index (χ1) is 7.35. The maximum atomic E-state index is 5.26. The molecule has 1 aromatic heterocycles. The Balaban J connectivity index is 2.44. The summed E-state index contributed by atoms with van der Waals surface area (Å²) >= 11 is 0. The van der Waals surface area contributed by atoms with Gasteiger partial charge in [-0.2, -0.15) is 5.10 Å². The highest BCUT2D eigenvalue weighted by molar-refractivity contribution is 5.47. The third-order valence-corrected chi connectivity index (χ3v) is 2.18. The highest BCUT2D eigenvalue weighted by atomic mass is 16.5. The third kappa shape index (κ3) is 1.79. The topological polar surface area (TPSA) is 39.1 Å². The zero-order valence-corrected chi connectivity index (χ0v) is 8.77. The predicted octanol–water partition coefficient (Wildman–Crippen LogP) is 1.92. The van der Waals surface area contributed by atoms with E-state index >= 15 is 0 Å². The largest absolute Gasteiger partial charge is 0.494 e. The lowest BCUT2D eigenvalue weighted by molar-refractivity contribution is 0.412. The third-order valence-electron chi connectivity index (χ3n) is 2.18. The van der Waals surface area contributed by atoms with Gasteiger partial charge < -0.3 is 10.1 Å². The van der Waals surface area contributed by atoms with Crippen molar-refractivity contribution < 1.29 is 4.74 Å². The van der Waals surface area contributed by atoms with Gasteiger partial charge in [0.1, 0.15) is 17.3 Å². The molecule has 4 heteroatoms. The van der Waals surface area contributed by atoms with Crippen LogP contribution >= 0.6 is 0 Å². The van der Waals surface area contributed by atoms with Crippen LogP contribution in [0.1, 0.15) is 0 Å². The van der Waals surface area contributed by atoms with Crippen LogP contribution in [0, 0.1) is 0 Å². The van der Waals surface area contributed by atoms with Gasteiger partial charge in [-0.15, -0.1) is 0 Å². The standard InChI is InChI=1S/C11H13N3O/c1-12-11-7-8-14(13-11)9-5-3-4-6-10(9)15-2/h3-8H,1-2H3,(H,12,13). The van der Waals surface area contributed by atoms with Crippen molar-refractivity contribution in [3.8, 4) is 11.4 Å². The maximum Gasteiger partial charge on any atom is 0.148 e. The van der Waals surface area contributed by atoms with Gasteiger partial charge in [-0.05, 0) is 12.1 Å².